The third-order valence-corrected chi connectivity index (χ3v) is 4.07. The van der Waals surface area contributed by atoms with Gasteiger partial charge in [-0.1, -0.05) is 13.3 Å². The van der Waals surface area contributed by atoms with Crippen molar-refractivity contribution in [3.8, 4) is 0 Å². The van der Waals surface area contributed by atoms with Gasteiger partial charge >= 0.3 is 6.03 Å². The monoisotopic (exact) mass is 269 g/mol. The first-order valence-corrected chi connectivity index (χ1v) is 7.16. The van der Waals surface area contributed by atoms with E-state index in [0.717, 1.165) is 19.3 Å². The molecule has 0 spiro atoms. The van der Waals surface area contributed by atoms with E-state index in [4.69, 9.17) is 5.11 Å². The molecule has 2 N–H and O–H groups in total. The Labute approximate surface area is 111 Å². The Morgan fingerprint density at radius 1 is 1.72 bits per heavy atom. The molecule has 18 heavy (non-hydrogen) atoms. The normalized spacial score (nSPS) is 19.2. The van der Waals surface area contributed by atoms with Crippen LogP contribution >= 0.6 is 11.3 Å². The van der Waals surface area contributed by atoms with E-state index < -0.39 is 0 Å². The van der Waals surface area contributed by atoms with Crippen molar-refractivity contribution in [3.05, 3.63) is 11.1 Å². The molecule has 0 saturated carbocycles. The van der Waals surface area contributed by atoms with Crippen molar-refractivity contribution in [2.75, 3.05) is 25.0 Å². The number of anilines is 1. The van der Waals surface area contributed by atoms with Gasteiger partial charge in [0.1, 0.15) is 0 Å². The molecule has 1 atom stereocenters. The van der Waals surface area contributed by atoms with Gasteiger partial charge in [-0.15, -0.1) is 11.3 Å². The SMILES string of the molecule is CCCc1cnc(NC(=O)N2CCC(CO)C2)s1. The van der Waals surface area contributed by atoms with Gasteiger partial charge in [0, 0.05) is 36.7 Å². The Hall–Kier alpha value is -1.14. The molecular formula is C12H19N3O2S. The molecule has 1 fully saturated rings. The van der Waals surface area contributed by atoms with Crippen LogP contribution in [0.1, 0.15) is 24.6 Å². The number of aliphatic hydroxyl groups excluding tert-OH is 1. The lowest BCUT2D eigenvalue weighted by Gasteiger charge is -2.15. The van der Waals surface area contributed by atoms with Crippen LogP contribution in [0.3, 0.4) is 0 Å². The van der Waals surface area contributed by atoms with E-state index in [1.807, 2.05) is 6.20 Å². The van der Waals surface area contributed by atoms with Crippen LogP contribution in [0.4, 0.5) is 9.93 Å². The van der Waals surface area contributed by atoms with Crippen LogP contribution in [0.2, 0.25) is 0 Å². The Kier molecular flexibility index (Phi) is 4.54. The minimum Gasteiger partial charge on any atom is -0.396 e. The fourth-order valence-corrected chi connectivity index (χ4v) is 2.97. The standard InChI is InChI=1S/C12H19N3O2S/c1-2-3-10-6-13-11(18-10)14-12(17)15-5-4-9(7-15)8-16/h6,9,16H,2-5,7-8H2,1H3,(H,13,14,17). The maximum atomic E-state index is 11.9. The molecule has 1 unspecified atom stereocenters. The lowest BCUT2D eigenvalue weighted by atomic mass is 10.1. The maximum Gasteiger partial charge on any atom is 0.323 e. The fraction of sp³-hybridized carbons (Fsp3) is 0.667. The average Bonchev–Trinajstić information content (AvgIpc) is 2.98. The Balaban J connectivity index is 1.86. The highest BCUT2D eigenvalue weighted by atomic mass is 32.1. The molecule has 0 bridgehead atoms. The third kappa shape index (κ3) is 3.20. The predicted molar refractivity (Wildman–Crippen MR) is 71.9 cm³/mol. The molecule has 100 valence electrons. The summed E-state index contributed by atoms with van der Waals surface area (Å²) in [5, 5.41) is 12.5. The smallest absolute Gasteiger partial charge is 0.323 e. The number of carbonyl (C=O) groups is 1. The van der Waals surface area contributed by atoms with E-state index in [0.29, 0.717) is 18.2 Å². The lowest BCUT2D eigenvalue weighted by molar-refractivity contribution is 0.209. The third-order valence-electron chi connectivity index (χ3n) is 3.10. The zero-order chi connectivity index (χ0) is 13.0. The summed E-state index contributed by atoms with van der Waals surface area (Å²) >= 11 is 1.53. The summed E-state index contributed by atoms with van der Waals surface area (Å²) in [6, 6.07) is -0.108. The minimum atomic E-state index is -0.108. The molecule has 2 amide bonds. The molecule has 2 rings (SSSR count). The summed E-state index contributed by atoms with van der Waals surface area (Å²) in [5.41, 5.74) is 0. The summed E-state index contributed by atoms with van der Waals surface area (Å²) in [6.45, 7) is 3.62. The molecular weight excluding hydrogens is 250 g/mol. The number of nitrogens with zero attached hydrogens (tertiary/aromatic N) is 2. The van der Waals surface area contributed by atoms with Crippen molar-refractivity contribution in [2.45, 2.75) is 26.2 Å². The number of nitrogens with one attached hydrogen (secondary N) is 1. The van der Waals surface area contributed by atoms with Crippen LogP contribution in [0.25, 0.3) is 0 Å². The Bertz CT molecular complexity index is 408. The van der Waals surface area contributed by atoms with E-state index >= 15 is 0 Å². The first-order chi connectivity index (χ1) is 8.72. The van der Waals surface area contributed by atoms with Crippen LogP contribution < -0.4 is 5.32 Å². The summed E-state index contributed by atoms with van der Waals surface area (Å²) in [6.07, 6.45) is 4.79. The first-order valence-electron chi connectivity index (χ1n) is 6.34. The van der Waals surface area contributed by atoms with Gasteiger partial charge in [0.05, 0.1) is 0 Å². The quantitative estimate of drug-likeness (QED) is 0.878. The molecule has 0 aromatic carbocycles. The van der Waals surface area contributed by atoms with Crippen LogP contribution in [-0.4, -0.2) is 40.7 Å². The topological polar surface area (TPSA) is 65.5 Å². The Morgan fingerprint density at radius 2 is 2.56 bits per heavy atom. The maximum absolute atomic E-state index is 11.9. The molecule has 0 radical (unpaired) electrons. The van der Waals surface area contributed by atoms with Crippen LogP contribution in [0.5, 0.6) is 0 Å². The molecule has 2 heterocycles. The molecule has 1 aliphatic rings. The highest BCUT2D eigenvalue weighted by Crippen LogP contribution is 2.21. The van der Waals surface area contributed by atoms with Crippen LogP contribution in [-0.2, 0) is 6.42 Å². The first kappa shape index (κ1) is 13.3. The van der Waals surface area contributed by atoms with Gasteiger partial charge in [-0.2, -0.15) is 0 Å². The highest BCUT2D eigenvalue weighted by molar-refractivity contribution is 7.15. The number of amides is 2. The molecule has 1 aromatic heterocycles. The van der Waals surface area contributed by atoms with E-state index in [9.17, 15) is 4.79 Å². The van der Waals surface area contributed by atoms with Crippen LogP contribution in [0, 0.1) is 5.92 Å². The number of carbonyl (C=O) groups excluding carboxylic acids is 1. The summed E-state index contributed by atoms with van der Waals surface area (Å²) in [7, 11) is 0. The molecule has 0 aliphatic carbocycles. The lowest BCUT2D eigenvalue weighted by Crippen LogP contribution is -2.33. The second kappa shape index (κ2) is 6.15. The summed E-state index contributed by atoms with van der Waals surface area (Å²) in [5.74, 6) is 0.225. The zero-order valence-electron chi connectivity index (χ0n) is 10.6. The van der Waals surface area contributed by atoms with Gasteiger partial charge in [-0.05, 0) is 12.8 Å². The Morgan fingerprint density at radius 3 is 3.22 bits per heavy atom. The number of aryl methyl sites for hydroxylation is 1. The van der Waals surface area contributed by atoms with Crippen molar-refractivity contribution in [3.63, 3.8) is 0 Å². The minimum absolute atomic E-state index is 0.108. The average molecular weight is 269 g/mol. The largest absolute Gasteiger partial charge is 0.396 e. The van der Waals surface area contributed by atoms with Gasteiger partial charge in [-0.3, -0.25) is 5.32 Å². The van der Waals surface area contributed by atoms with E-state index in [2.05, 4.69) is 17.2 Å². The van der Waals surface area contributed by atoms with E-state index in [1.165, 1.54) is 16.2 Å². The van der Waals surface area contributed by atoms with Crippen molar-refractivity contribution >= 4 is 22.5 Å². The molecule has 1 aromatic rings. The number of urea groups is 1. The highest BCUT2D eigenvalue weighted by Gasteiger charge is 2.25. The van der Waals surface area contributed by atoms with Crippen molar-refractivity contribution < 1.29 is 9.90 Å². The van der Waals surface area contributed by atoms with Crippen molar-refractivity contribution in [2.24, 2.45) is 5.92 Å². The zero-order valence-corrected chi connectivity index (χ0v) is 11.4. The predicted octanol–water partition coefficient (Wildman–Crippen LogP) is 1.94. The second-order valence-corrected chi connectivity index (χ2v) is 5.71. The molecule has 1 saturated heterocycles. The molecule has 6 heteroatoms. The number of aliphatic hydroxyl groups is 1. The number of hydrogen-bond donors (Lipinski definition) is 2. The molecule has 1 aliphatic heterocycles. The van der Waals surface area contributed by atoms with Gasteiger partial charge in [-0.25, -0.2) is 9.78 Å². The van der Waals surface area contributed by atoms with E-state index in [1.54, 1.807) is 4.90 Å². The number of aromatic nitrogens is 1. The van der Waals surface area contributed by atoms with Gasteiger partial charge in [0.25, 0.3) is 0 Å². The fourth-order valence-electron chi connectivity index (χ4n) is 2.06. The number of rotatable bonds is 4. The number of likely N-dealkylation sites (tertiary alicyclic amines) is 1. The van der Waals surface area contributed by atoms with Gasteiger partial charge in [0.2, 0.25) is 0 Å². The summed E-state index contributed by atoms with van der Waals surface area (Å²) in [4.78, 5) is 19.1. The van der Waals surface area contributed by atoms with E-state index in [-0.39, 0.29) is 18.6 Å². The van der Waals surface area contributed by atoms with Gasteiger partial charge < -0.3 is 10.0 Å². The number of thiazole rings is 1. The van der Waals surface area contributed by atoms with Crippen molar-refractivity contribution in [1.82, 2.24) is 9.88 Å². The summed E-state index contributed by atoms with van der Waals surface area (Å²) < 4.78 is 0. The van der Waals surface area contributed by atoms with Crippen LogP contribution in [0.15, 0.2) is 6.20 Å². The number of hydrogen-bond acceptors (Lipinski definition) is 4. The molecule has 5 nitrogen and oxygen atoms in total. The second-order valence-electron chi connectivity index (χ2n) is 4.60. The van der Waals surface area contributed by atoms with Gasteiger partial charge in [0.15, 0.2) is 5.13 Å². The van der Waals surface area contributed by atoms with Crippen molar-refractivity contribution in [1.29, 1.82) is 0 Å².